The lowest BCUT2D eigenvalue weighted by molar-refractivity contribution is 0.0600. The molecule has 0 aliphatic carbocycles. The van der Waals surface area contributed by atoms with Crippen LogP contribution in [0.3, 0.4) is 0 Å². The van der Waals surface area contributed by atoms with Crippen LogP contribution in [0.2, 0.25) is 0 Å². The summed E-state index contributed by atoms with van der Waals surface area (Å²) in [5.74, 6) is 5.53. The first-order chi connectivity index (χ1) is 20.6. The summed E-state index contributed by atoms with van der Waals surface area (Å²) < 4.78 is 15.9. The topological polar surface area (TPSA) is 208 Å². The average Bonchev–Trinajstić information content (AvgIpc) is 2.99. The van der Waals surface area contributed by atoms with Crippen LogP contribution >= 0.6 is 0 Å². The SMILES string of the molecule is COC(=O)c1cc(N)c(NC/C=C/CNc2c(N)cc(C(N)=O)cc2OCC#CCN2CCN(C(=O)O)CC2)c(OC)c1. The zero-order valence-corrected chi connectivity index (χ0v) is 24.1. The molecule has 14 nitrogen and oxygen atoms in total. The Bertz CT molecular complexity index is 1410. The second-order valence-electron chi connectivity index (χ2n) is 9.36. The van der Waals surface area contributed by atoms with E-state index in [0.717, 1.165) is 0 Å². The zero-order chi connectivity index (χ0) is 31.4. The van der Waals surface area contributed by atoms with Crippen LogP contribution < -0.4 is 37.3 Å². The van der Waals surface area contributed by atoms with E-state index in [4.69, 9.17) is 36.5 Å². The van der Waals surface area contributed by atoms with Gasteiger partial charge < -0.3 is 52.1 Å². The number of primary amides is 1. The molecule has 1 saturated heterocycles. The van der Waals surface area contributed by atoms with Gasteiger partial charge in [-0.15, -0.1) is 0 Å². The summed E-state index contributed by atoms with van der Waals surface area (Å²) in [6.07, 6.45) is 2.80. The highest BCUT2D eigenvalue weighted by Crippen LogP contribution is 2.33. The number of nitrogens with two attached hydrogens (primary N) is 3. The molecule has 0 radical (unpaired) electrons. The maximum atomic E-state index is 11.8. The minimum Gasteiger partial charge on any atom is -0.494 e. The Morgan fingerprint density at radius 1 is 0.907 bits per heavy atom. The van der Waals surface area contributed by atoms with Gasteiger partial charge in [-0.25, -0.2) is 9.59 Å². The maximum Gasteiger partial charge on any atom is 0.407 e. The first-order valence-electron chi connectivity index (χ1n) is 13.3. The molecule has 0 atom stereocenters. The van der Waals surface area contributed by atoms with Gasteiger partial charge in [-0.2, -0.15) is 0 Å². The van der Waals surface area contributed by atoms with Crippen molar-refractivity contribution in [3.05, 3.63) is 47.5 Å². The van der Waals surface area contributed by atoms with Crippen molar-refractivity contribution in [2.24, 2.45) is 5.73 Å². The molecule has 1 aliphatic heterocycles. The number of hydrogen-bond acceptors (Lipinski definition) is 11. The molecule has 0 aromatic heterocycles. The third kappa shape index (κ3) is 9.10. The van der Waals surface area contributed by atoms with E-state index in [1.807, 2.05) is 12.2 Å². The lowest BCUT2D eigenvalue weighted by atomic mass is 10.1. The quantitative estimate of drug-likeness (QED) is 0.0893. The highest BCUT2D eigenvalue weighted by atomic mass is 16.5. The molecule has 2 aromatic rings. The van der Waals surface area contributed by atoms with Crippen molar-refractivity contribution in [3.8, 4) is 23.3 Å². The fraction of sp³-hybridized carbons (Fsp3) is 0.345. The van der Waals surface area contributed by atoms with E-state index in [9.17, 15) is 14.4 Å². The summed E-state index contributed by atoms with van der Waals surface area (Å²) >= 11 is 0. The lowest BCUT2D eigenvalue weighted by Crippen LogP contribution is -2.48. The van der Waals surface area contributed by atoms with Crippen LogP contribution in [0.4, 0.5) is 27.5 Å². The van der Waals surface area contributed by atoms with Gasteiger partial charge in [-0.05, 0) is 24.3 Å². The first kappa shape index (κ1) is 32.2. The van der Waals surface area contributed by atoms with E-state index in [0.29, 0.717) is 74.4 Å². The minimum atomic E-state index is -0.914. The largest absolute Gasteiger partial charge is 0.494 e. The van der Waals surface area contributed by atoms with Crippen LogP contribution in [0.1, 0.15) is 20.7 Å². The average molecular weight is 596 g/mol. The molecule has 3 rings (SSSR count). The molecule has 2 aromatic carbocycles. The van der Waals surface area contributed by atoms with Crippen LogP contribution in [0.25, 0.3) is 0 Å². The molecular weight excluding hydrogens is 558 g/mol. The number of amides is 2. The van der Waals surface area contributed by atoms with Crippen molar-refractivity contribution >= 4 is 40.7 Å². The number of carbonyl (C=O) groups is 3. The monoisotopic (exact) mass is 595 g/mol. The van der Waals surface area contributed by atoms with Crippen molar-refractivity contribution < 1.29 is 33.7 Å². The van der Waals surface area contributed by atoms with Crippen molar-refractivity contribution in [2.45, 2.75) is 0 Å². The Morgan fingerprint density at radius 2 is 1.49 bits per heavy atom. The normalized spacial score (nSPS) is 13.1. The number of nitrogen functional groups attached to an aromatic ring is 2. The van der Waals surface area contributed by atoms with Gasteiger partial charge in [0.1, 0.15) is 29.5 Å². The molecule has 0 saturated carbocycles. The molecule has 9 N–H and O–H groups in total. The molecule has 2 amide bonds. The number of benzene rings is 2. The Morgan fingerprint density at radius 3 is 2.05 bits per heavy atom. The third-order valence-electron chi connectivity index (χ3n) is 6.52. The van der Waals surface area contributed by atoms with Gasteiger partial charge in [0.05, 0.1) is 37.7 Å². The molecule has 0 unspecified atom stereocenters. The van der Waals surface area contributed by atoms with Crippen LogP contribution in [0, 0.1) is 11.8 Å². The third-order valence-corrected chi connectivity index (χ3v) is 6.52. The lowest BCUT2D eigenvalue weighted by Gasteiger charge is -2.31. The van der Waals surface area contributed by atoms with Crippen LogP contribution in [-0.2, 0) is 4.74 Å². The van der Waals surface area contributed by atoms with Gasteiger partial charge in [0.2, 0.25) is 5.91 Å². The summed E-state index contributed by atoms with van der Waals surface area (Å²) in [7, 11) is 2.77. The molecule has 14 heteroatoms. The molecule has 1 fully saturated rings. The van der Waals surface area contributed by atoms with E-state index < -0.39 is 18.0 Å². The van der Waals surface area contributed by atoms with Crippen LogP contribution in [0.5, 0.6) is 11.5 Å². The second-order valence-corrected chi connectivity index (χ2v) is 9.36. The van der Waals surface area contributed by atoms with Gasteiger partial charge in [0, 0.05) is 44.8 Å². The first-order valence-corrected chi connectivity index (χ1v) is 13.3. The van der Waals surface area contributed by atoms with Gasteiger partial charge in [0.25, 0.3) is 0 Å². The molecular formula is C29H37N7O7. The number of carboxylic acid groups (broad SMARTS) is 1. The van der Waals surface area contributed by atoms with Gasteiger partial charge >= 0.3 is 12.1 Å². The van der Waals surface area contributed by atoms with Crippen molar-refractivity contribution in [3.63, 3.8) is 0 Å². The molecule has 1 heterocycles. The van der Waals surface area contributed by atoms with E-state index in [1.165, 1.54) is 37.3 Å². The number of ether oxygens (including phenoxy) is 3. The predicted molar refractivity (Wildman–Crippen MR) is 164 cm³/mol. The van der Waals surface area contributed by atoms with E-state index in [1.54, 1.807) is 6.07 Å². The standard InChI is InChI=1S/C29H37N7O7/c1-41-23-18-20(28(38)42-2)16-22(31)25(23)33-7-3-4-8-34-26-21(30)15-19(27(32)37)17-24(26)43-14-6-5-9-35-10-12-36(13-11-35)29(39)40/h3-4,15-18,33-34H,7-14,30-31H2,1-2H3,(H2,32,37)(H,39,40)/b4-3+. The zero-order valence-electron chi connectivity index (χ0n) is 24.1. The van der Waals surface area contributed by atoms with E-state index in [-0.39, 0.29) is 23.4 Å². The summed E-state index contributed by atoms with van der Waals surface area (Å²) in [6.45, 7) is 3.41. The molecule has 43 heavy (non-hydrogen) atoms. The fourth-order valence-electron chi connectivity index (χ4n) is 4.22. The number of nitrogens with zero attached hydrogens (tertiary/aromatic N) is 2. The summed E-state index contributed by atoms with van der Waals surface area (Å²) in [5, 5.41) is 15.4. The highest BCUT2D eigenvalue weighted by molar-refractivity contribution is 5.96. The van der Waals surface area contributed by atoms with Crippen molar-refractivity contribution in [1.29, 1.82) is 0 Å². The fourth-order valence-corrected chi connectivity index (χ4v) is 4.22. The van der Waals surface area contributed by atoms with Crippen LogP contribution in [-0.4, -0.2) is 99.5 Å². The summed E-state index contributed by atoms with van der Waals surface area (Å²) in [5.41, 5.74) is 19.9. The number of hydrogen-bond donors (Lipinski definition) is 6. The van der Waals surface area contributed by atoms with Gasteiger partial charge in [0.15, 0.2) is 0 Å². The Balaban J connectivity index is 1.56. The smallest absolute Gasteiger partial charge is 0.407 e. The van der Waals surface area contributed by atoms with Crippen LogP contribution in [0.15, 0.2) is 36.4 Å². The van der Waals surface area contributed by atoms with Gasteiger partial charge in [-0.3, -0.25) is 9.69 Å². The second kappa shape index (κ2) is 15.6. The molecule has 0 spiro atoms. The van der Waals surface area contributed by atoms with E-state index >= 15 is 0 Å². The number of anilines is 4. The number of methoxy groups -OCH3 is 2. The molecule has 1 aliphatic rings. The minimum absolute atomic E-state index is 0.0448. The number of carbonyl (C=O) groups excluding carboxylic acids is 2. The predicted octanol–water partition coefficient (Wildman–Crippen LogP) is 1.50. The Hall–Kier alpha value is -5.29. The number of rotatable bonds is 12. The van der Waals surface area contributed by atoms with Crippen molar-refractivity contribution in [1.82, 2.24) is 9.80 Å². The molecule has 230 valence electrons. The summed E-state index contributed by atoms with van der Waals surface area (Å²) in [6, 6.07) is 6.03. The van der Waals surface area contributed by atoms with Crippen molar-refractivity contribution in [2.75, 3.05) is 88.7 Å². The number of esters is 1. The molecule has 0 bridgehead atoms. The Kier molecular flexibility index (Phi) is 11.7. The number of nitrogens with one attached hydrogen (secondary N) is 2. The van der Waals surface area contributed by atoms with Gasteiger partial charge in [-0.1, -0.05) is 24.0 Å². The Labute approximate surface area is 249 Å². The maximum absolute atomic E-state index is 11.8. The van der Waals surface area contributed by atoms with E-state index in [2.05, 4.69) is 27.4 Å². The highest BCUT2D eigenvalue weighted by Gasteiger charge is 2.19. The summed E-state index contributed by atoms with van der Waals surface area (Å²) in [4.78, 5) is 38.1. The number of piperazine rings is 1.